The van der Waals surface area contributed by atoms with Crippen molar-refractivity contribution in [3.05, 3.63) is 48.0 Å². The summed E-state index contributed by atoms with van der Waals surface area (Å²) in [5.41, 5.74) is 0.905. The second-order valence-electron chi connectivity index (χ2n) is 6.58. The average Bonchev–Trinajstić information content (AvgIpc) is 3.25. The van der Waals surface area contributed by atoms with E-state index >= 15 is 0 Å². The van der Waals surface area contributed by atoms with Crippen LogP contribution in [0, 0.1) is 0 Å². The number of nitrogens with zero attached hydrogens (tertiary/aromatic N) is 2. The summed E-state index contributed by atoms with van der Waals surface area (Å²) >= 11 is 4.07. The Balaban J connectivity index is 1.66. The first kappa shape index (κ1) is 24.9. The fraction of sp³-hybridized carbons (Fsp3) is 0.273. The van der Waals surface area contributed by atoms with Crippen LogP contribution in [-0.4, -0.2) is 46.4 Å². The molecular formula is C22H24N4O4S3. The fourth-order valence-corrected chi connectivity index (χ4v) is 5.03. The number of rotatable bonds is 10. The molecule has 3 aromatic rings. The highest BCUT2D eigenvalue weighted by atomic mass is 32.2. The van der Waals surface area contributed by atoms with Crippen LogP contribution in [0.5, 0.6) is 11.5 Å². The van der Waals surface area contributed by atoms with Crippen LogP contribution in [0.25, 0.3) is 0 Å². The molecule has 174 valence electrons. The predicted molar refractivity (Wildman–Crippen MR) is 134 cm³/mol. The van der Waals surface area contributed by atoms with Gasteiger partial charge in [-0.2, -0.15) is 9.36 Å². The van der Waals surface area contributed by atoms with Crippen molar-refractivity contribution < 1.29 is 19.1 Å². The van der Waals surface area contributed by atoms with Crippen molar-refractivity contribution in [3.63, 3.8) is 0 Å². The Labute approximate surface area is 205 Å². The van der Waals surface area contributed by atoms with Crippen molar-refractivity contribution in [1.82, 2.24) is 9.36 Å². The summed E-state index contributed by atoms with van der Waals surface area (Å²) in [6, 6.07) is 12.5. The second kappa shape index (κ2) is 11.9. The highest BCUT2D eigenvalue weighted by Gasteiger charge is 2.20. The molecule has 1 aromatic heterocycles. The number of anilines is 2. The van der Waals surface area contributed by atoms with Gasteiger partial charge in [0.15, 0.2) is 0 Å². The molecule has 0 saturated heterocycles. The standard InChI is InChI=1S/C22H24N4O4S3/c1-5-31-22-25-21(33-26-22)24-19(27)13(2)32-15-9-6-8-14(12-15)23-20(28)18-16(29-3)10-7-11-17(18)30-4/h6-13H,5H2,1-4H3,(H,23,28)(H,24,25,26,27). The zero-order valence-corrected chi connectivity index (χ0v) is 21.0. The fourth-order valence-electron chi connectivity index (χ4n) is 2.83. The van der Waals surface area contributed by atoms with Crippen LogP contribution < -0.4 is 20.1 Å². The number of hydrogen-bond acceptors (Lipinski definition) is 9. The van der Waals surface area contributed by atoms with Crippen LogP contribution in [0.15, 0.2) is 52.5 Å². The lowest BCUT2D eigenvalue weighted by molar-refractivity contribution is -0.115. The lowest BCUT2D eigenvalue weighted by atomic mass is 10.1. The number of amides is 2. The molecule has 0 saturated carbocycles. The minimum atomic E-state index is -0.378. The molecule has 3 rings (SSSR count). The highest BCUT2D eigenvalue weighted by molar-refractivity contribution is 8.00. The summed E-state index contributed by atoms with van der Waals surface area (Å²) in [5.74, 6) is 1.18. The molecule has 33 heavy (non-hydrogen) atoms. The molecule has 0 radical (unpaired) electrons. The van der Waals surface area contributed by atoms with Gasteiger partial charge < -0.3 is 14.8 Å². The number of ether oxygens (including phenoxy) is 2. The molecule has 1 atom stereocenters. The quantitative estimate of drug-likeness (QED) is 0.370. The molecular weight excluding hydrogens is 480 g/mol. The maximum atomic E-state index is 12.9. The van der Waals surface area contributed by atoms with E-state index in [9.17, 15) is 9.59 Å². The normalized spacial score (nSPS) is 11.5. The Kier molecular flexibility index (Phi) is 8.98. The third-order valence-corrected chi connectivity index (χ3v) is 6.91. The SMILES string of the molecule is CCSc1nsc(NC(=O)C(C)Sc2cccc(NC(=O)c3c(OC)cccc3OC)c2)n1. The van der Waals surface area contributed by atoms with Gasteiger partial charge >= 0.3 is 0 Å². The lowest BCUT2D eigenvalue weighted by Gasteiger charge is -2.14. The molecule has 0 aliphatic rings. The van der Waals surface area contributed by atoms with E-state index in [1.54, 1.807) is 24.3 Å². The number of methoxy groups -OCH3 is 2. The molecule has 8 nitrogen and oxygen atoms in total. The topological polar surface area (TPSA) is 102 Å². The third kappa shape index (κ3) is 6.62. The van der Waals surface area contributed by atoms with E-state index in [-0.39, 0.29) is 17.1 Å². The number of hydrogen-bond donors (Lipinski definition) is 2. The maximum absolute atomic E-state index is 12.9. The number of nitrogens with one attached hydrogen (secondary N) is 2. The molecule has 2 aromatic carbocycles. The predicted octanol–water partition coefficient (Wildman–Crippen LogP) is 5.04. The van der Waals surface area contributed by atoms with Gasteiger partial charge in [0.25, 0.3) is 5.91 Å². The van der Waals surface area contributed by atoms with Crippen LogP contribution in [0.1, 0.15) is 24.2 Å². The van der Waals surface area contributed by atoms with Gasteiger partial charge in [-0.05, 0) is 43.0 Å². The molecule has 0 bridgehead atoms. The van der Waals surface area contributed by atoms with E-state index in [0.29, 0.717) is 33.0 Å². The molecule has 11 heteroatoms. The van der Waals surface area contributed by atoms with Gasteiger partial charge in [0.05, 0.1) is 19.5 Å². The van der Waals surface area contributed by atoms with E-state index in [2.05, 4.69) is 20.0 Å². The van der Waals surface area contributed by atoms with Crippen LogP contribution in [0.3, 0.4) is 0 Å². The van der Waals surface area contributed by atoms with Crippen molar-refractivity contribution in [3.8, 4) is 11.5 Å². The van der Waals surface area contributed by atoms with Gasteiger partial charge in [-0.3, -0.25) is 14.9 Å². The zero-order chi connectivity index (χ0) is 23.8. The first-order valence-corrected chi connectivity index (χ1v) is 12.7. The molecule has 0 aliphatic heterocycles. The molecule has 0 aliphatic carbocycles. The summed E-state index contributed by atoms with van der Waals surface area (Å²) in [6.07, 6.45) is 0. The number of aromatic nitrogens is 2. The van der Waals surface area contributed by atoms with E-state index in [0.717, 1.165) is 22.2 Å². The largest absolute Gasteiger partial charge is 0.496 e. The minimum Gasteiger partial charge on any atom is -0.496 e. The maximum Gasteiger partial charge on any atom is 0.263 e. The van der Waals surface area contributed by atoms with E-state index in [1.165, 1.54) is 37.7 Å². The van der Waals surface area contributed by atoms with Gasteiger partial charge in [-0.1, -0.05) is 30.8 Å². The number of carbonyl (C=O) groups excluding carboxylic acids is 2. The van der Waals surface area contributed by atoms with Gasteiger partial charge in [-0.25, -0.2) is 0 Å². The Morgan fingerprint density at radius 3 is 2.45 bits per heavy atom. The molecule has 1 unspecified atom stereocenters. The smallest absolute Gasteiger partial charge is 0.263 e. The van der Waals surface area contributed by atoms with Crippen LogP contribution in [0.4, 0.5) is 10.8 Å². The Morgan fingerprint density at radius 1 is 1.09 bits per heavy atom. The van der Waals surface area contributed by atoms with Gasteiger partial charge in [0.2, 0.25) is 16.2 Å². The van der Waals surface area contributed by atoms with Crippen molar-refractivity contribution >= 4 is 57.7 Å². The zero-order valence-electron chi connectivity index (χ0n) is 18.6. The Bertz CT molecular complexity index is 1100. The summed E-state index contributed by atoms with van der Waals surface area (Å²) in [6.45, 7) is 3.83. The molecule has 0 fully saturated rings. The van der Waals surface area contributed by atoms with Crippen LogP contribution in [0.2, 0.25) is 0 Å². The van der Waals surface area contributed by atoms with Crippen LogP contribution >= 0.6 is 35.1 Å². The van der Waals surface area contributed by atoms with Crippen LogP contribution in [-0.2, 0) is 4.79 Å². The van der Waals surface area contributed by atoms with Crippen molar-refractivity contribution in [1.29, 1.82) is 0 Å². The lowest BCUT2D eigenvalue weighted by Crippen LogP contribution is -2.22. The number of carbonyl (C=O) groups is 2. The van der Waals surface area contributed by atoms with Crippen molar-refractivity contribution in [2.24, 2.45) is 0 Å². The van der Waals surface area contributed by atoms with Crippen molar-refractivity contribution in [2.75, 3.05) is 30.6 Å². The average molecular weight is 505 g/mol. The highest BCUT2D eigenvalue weighted by Crippen LogP contribution is 2.31. The number of thioether (sulfide) groups is 2. The van der Waals surface area contributed by atoms with Gasteiger partial charge in [0, 0.05) is 22.1 Å². The van der Waals surface area contributed by atoms with E-state index < -0.39 is 0 Å². The van der Waals surface area contributed by atoms with E-state index in [1.807, 2.05) is 32.0 Å². The van der Waals surface area contributed by atoms with Gasteiger partial charge in [-0.15, -0.1) is 11.8 Å². The molecule has 2 amide bonds. The molecule has 1 heterocycles. The summed E-state index contributed by atoms with van der Waals surface area (Å²) in [7, 11) is 3.00. The van der Waals surface area contributed by atoms with Crippen molar-refractivity contribution in [2.45, 2.75) is 29.1 Å². The summed E-state index contributed by atoms with van der Waals surface area (Å²) in [5, 5.41) is 6.45. The summed E-state index contributed by atoms with van der Waals surface area (Å²) < 4.78 is 14.8. The molecule has 2 N–H and O–H groups in total. The first-order chi connectivity index (χ1) is 15.9. The monoisotopic (exact) mass is 504 g/mol. The first-order valence-electron chi connectivity index (χ1n) is 10.0. The minimum absolute atomic E-state index is 0.169. The Morgan fingerprint density at radius 2 is 1.79 bits per heavy atom. The Hall–Kier alpha value is -2.76. The van der Waals surface area contributed by atoms with E-state index in [4.69, 9.17) is 9.47 Å². The van der Waals surface area contributed by atoms with Gasteiger partial charge in [0.1, 0.15) is 17.1 Å². The third-order valence-electron chi connectivity index (χ3n) is 4.34. The number of benzene rings is 2. The molecule has 0 spiro atoms. The second-order valence-corrected chi connectivity index (χ2v) is 9.98. The summed E-state index contributed by atoms with van der Waals surface area (Å²) in [4.78, 5) is 30.6.